The number of hydrogen-bond donors (Lipinski definition) is 0. The maximum atomic E-state index is 15.6. The van der Waals surface area contributed by atoms with Crippen LogP contribution in [0.15, 0.2) is 41.6 Å². The van der Waals surface area contributed by atoms with E-state index in [2.05, 4.69) is 20.1 Å². The lowest BCUT2D eigenvalue weighted by molar-refractivity contribution is 0.0147. The fraction of sp³-hybridized carbons (Fsp3) is 0.353. The highest BCUT2D eigenvalue weighted by atomic mass is 19.1. The Balaban J connectivity index is 1.57. The van der Waals surface area contributed by atoms with E-state index in [9.17, 15) is 4.79 Å². The first-order valence-electron chi connectivity index (χ1n) is 8.26. The molecule has 0 aliphatic carbocycles. The molecule has 0 bridgehead atoms. The second-order valence-electron chi connectivity index (χ2n) is 6.35. The summed E-state index contributed by atoms with van der Waals surface area (Å²) in [6, 6.07) is 3.51. The van der Waals surface area contributed by atoms with Crippen LogP contribution in [0.2, 0.25) is 0 Å². The van der Waals surface area contributed by atoms with Crippen molar-refractivity contribution < 1.29 is 13.7 Å². The molecule has 3 aromatic heterocycles. The molecule has 0 N–H and O–H groups in total. The van der Waals surface area contributed by atoms with E-state index in [1.807, 2.05) is 0 Å². The smallest absolute Gasteiger partial charge is 0.272 e. The maximum absolute atomic E-state index is 15.6. The first-order chi connectivity index (χ1) is 12.6. The second kappa shape index (κ2) is 6.32. The standard InChI is InChI=1S/C17H17FN6O2/c1-23-11-20-9-13(23)15(25)24-7-3-5-17(18,10-24)16-21-14(22-26-16)12-4-2-6-19-8-12/h2,4,6,8-9,11H,3,5,7,10H2,1H3. The molecule has 1 aliphatic heterocycles. The third kappa shape index (κ3) is 2.85. The van der Waals surface area contributed by atoms with Crippen LogP contribution in [-0.2, 0) is 12.7 Å². The van der Waals surface area contributed by atoms with E-state index in [0.717, 1.165) is 0 Å². The molecule has 0 radical (unpaired) electrons. The van der Waals surface area contributed by atoms with Gasteiger partial charge in [0.2, 0.25) is 11.5 Å². The van der Waals surface area contributed by atoms with Crippen LogP contribution in [-0.4, -0.2) is 48.6 Å². The predicted octanol–water partition coefficient (Wildman–Crippen LogP) is 1.97. The zero-order valence-corrected chi connectivity index (χ0v) is 14.2. The van der Waals surface area contributed by atoms with Crippen LogP contribution in [0.5, 0.6) is 0 Å². The molecule has 134 valence electrons. The molecule has 8 nitrogen and oxygen atoms in total. The first-order valence-corrected chi connectivity index (χ1v) is 8.26. The summed E-state index contributed by atoms with van der Waals surface area (Å²) in [5, 5.41) is 3.86. The van der Waals surface area contributed by atoms with Crippen molar-refractivity contribution in [3.05, 3.63) is 48.6 Å². The number of aromatic nitrogens is 5. The Kier molecular flexibility index (Phi) is 3.98. The minimum atomic E-state index is -1.88. The Labute approximate surface area is 148 Å². The van der Waals surface area contributed by atoms with Crippen LogP contribution in [0.1, 0.15) is 29.2 Å². The largest absolute Gasteiger partial charge is 0.335 e. The SMILES string of the molecule is Cn1cncc1C(=O)N1CCCC(F)(c2nc(-c3cccnc3)no2)C1. The van der Waals surface area contributed by atoms with Gasteiger partial charge in [0.25, 0.3) is 11.8 Å². The molecule has 0 spiro atoms. The van der Waals surface area contributed by atoms with Crippen LogP contribution in [0, 0.1) is 0 Å². The molecule has 4 rings (SSSR count). The number of alkyl halides is 1. The summed E-state index contributed by atoms with van der Waals surface area (Å²) in [5.74, 6) is -0.0993. The zero-order valence-electron chi connectivity index (χ0n) is 14.2. The number of imidazole rings is 1. The number of aryl methyl sites for hydroxylation is 1. The van der Waals surface area contributed by atoms with Crippen LogP contribution in [0.3, 0.4) is 0 Å². The Bertz CT molecular complexity index is 924. The van der Waals surface area contributed by atoms with Crippen molar-refractivity contribution in [3.8, 4) is 11.4 Å². The van der Waals surface area contributed by atoms with E-state index in [4.69, 9.17) is 4.52 Å². The van der Waals surface area contributed by atoms with E-state index in [1.54, 1.807) is 36.1 Å². The highest BCUT2D eigenvalue weighted by Gasteiger charge is 2.44. The number of likely N-dealkylation sites (tertiary alicyclic amines) is 1. The van der Waals surface area contributed by atoms with Crippen molar-refractivity contribution in [1.82, 2.24) is 29.6 Å². The van der Waals surface area contributed by atoms with Crippen LogP contribution in [0.25, 0.3) is 11.4 Å². The zero-order chi connectivity index (χ0) is 18.1. The summed E-state index contributed by atoms with van der Waals surface area (Å²) in [6.07, 6.45) is 6.95. The number of rotatable bonds is 3. The molecule has 3 aromatic rings. The predicted molar refractivity (Wildman–Crippen MR) is 88.7 cm³/mol. The highest BCUT2D eigenvalue weighted by Crippen LogP contribution is 2.36. The molecule has 1 aliphatic rings. The Morgan fingerprint density at radius 1 is 1.35 bits per heavy atom. The summed E-state index contributed by atoms with van der Waals surface area (Å²) in [4.78, 5) is 26.3. The molecular weight excluding hydrogens is 339 g/mol. The van der Waals surface area contributed by atoms with Gasteiger partial charge in [0.1, 0.15) is 5.69 Å². The third-order valence-corrected chi connectivity index (χ3v) is 4.49. The molecule has 9 heteroatoms. The van der Waals surface area contributed by atoms with Gasteiger partial charge in [-0.25, -0.2) is 9.37 Å². The van der Waals surface area contributed by atoms with Gasteiger partial charge >= 0.3 is 0 Å². The molecule has 4 heterocycles. The molecular formula is C17H17FN6O2. The van der Waals surface area contributed by atoms with Crippen molar-refractivity contribution in [2.24, 2.45) is 7.05 Å². The topological polar surface area (TPSA) is 89.9 Å². The third-order valence-electron chi connectivity index (χ3n) is 4.49. The fourth-order valence-electron chi connectivity index (χ4n) is 3.10. The lowest BCUT2D eigenvalue weighted by Gasteiger charge is -2.35. The van der Waals surface area contributed by atoms with Crippen molar-refractivity contribution in [2.75, 3.05) is 13.1 Å². The summed E-state index contributed by atoms with van der Waals surface area (Å²) in [7, 11) is 1.73. The van der Waals surface area contributed by atoms with Crippen molar-refractivity contribution in [3.63, 3.8) is 0 Å². The van der Waals surface area contributed by atoms with E-state index >= 15 is 4.39 Å². The van der Waals surface area contributed by atoms with Gasteiger partial charge in [0.15, 0.2) is 0 Å². The van der Waals surface area contributed by atoms with Gasteiger partial charge in [-0.15, -0.1) is 0 Å². The van der Waals surface area contributed by atoms with Gasteiger partial charge in [-0.2, -0.15) is 4.98 Å². The summed E-state index contributed by atoms with van der Waals surface area (Å²) in [6.45, 7) is 0.338. The quantitative estimate of drug-likeness (QED) is 0.713. The molecule has 1 amide bonds. The number of carbonyl (C=O) groups excluding carboxylic acids is 1. The number of amides is 1. The van der Waals surface area contributed by atoms with Crippen LogP contribution >= 0.6 is 0 Å². The van der Waals surface area contributed by atoms with Gasteiger partial charge in [-0.05, 0) is 25.0 Å². The van der Waals surface area contributed by atoms with E-state index in [1.165, 1.54) is 17.4 Å². The lowest BCUT2D eigenvalue weighted by Crippen LogP contribution is -2.47. The molecule has 26 heavy (non-hydrogen) atoms. The highest BCUT2D eigenvalue weighted by molar-refractivity contribution is 5.92. The number of piperidine rings is 1. The van der Waals surface area contributed by atoms with Crippen LogP contribution < -0.4 is 0 Å². The number of pyridine rings is 1. The van der Waals surface area contributed by atoms with Crippen LogP contribution in [0.4, 0.5) is 4.39 Å². The lowest BCUT2D eigenvalue weighted by atomic mass is 9.94. The summed E-state index contributed by atoms with van der Waals surface area (Å²) >= 11 is 0. The second-order valence-corrected chi connectivity index (χ2v) is 6.35. The first kappa shape index (κ1) is 16.4. The van der Waals surface area contributed by atoms with Gasteiger partial charge in [0, 0.05) is 31.5 Å². The molecule has 0 saturated carbocycles. The molecule has 1 atom stereocenters. The summed E-state index contributed by atoms with van der Waals surface area (Å²) in [5.41, 5.74) is -0.819. The Morgan fingerprint density at radius 3 is 2.96 bits per heavy atom. The average Bonchev–Trinajstić information content (AvgIpc) is 3.31. The minimum Gasteiger partial charge on any atom is -0.335 e. The molecule has 0 aromatic carbocycles. The van der Waals surface area contributed by atoms with Crippen molar-refractivity contribution in [2.45, 2.75) is 18.5 Å². The monoisotopic (exact) mass is 356 g/mol. The molecule has 1 fully saturated rings. The van der Waals surface area contributed by atoms with Gasteiger partial charge in [0.05, 0.1) is 19.1 Å². The Morgan fingerprint density at radius 2 is 2.23 bits per heavy atom. The number of halogens is 1. The molecule has 1 saturated heterocycles. The summed E-state index contributed by atoms with van der Waals surface area (Å²) < 4.78 is 22.4. The van der Waals surface area contributed by atoms with E-state index in [0.29, 0.717) is 24.2 Å². The average molecular weight is 356 g/mol. The normalized spacial score (nSPS) is 20.3. The molecule has 1 unspecified atom stereocenters. The maximum Gasteiger partial charge on any atom is 0.272 e. The van der Waals surface area contributed by atoms with E-state index in [-0.39, 0.29) is 30.6 Å². The fourth-order valence-corrected chi connectivity index (χ4v) is 3.10. The van der Waals surface area contributed by atoms with Gasteiger partial charge in [-0.1, -0.05) is 5.16 Å². The van der Waals surface area contributed by atoms with Crippen molar-refractivity contribution >= 4 is 5.91 Å². The van der Waals surface area contributed by atoms with Gasteiger partial charge in [-0.3, -0.25) is 9.78 Å². The van der Waals surface area contributed by atoms with Crippen molar-refractivity contribution in [1.29, 1.82) is 0 Å². The Hall–Kier alpha value is -3.10. The number of carbonyl (C=O) groups is 1. The van der Waals surface area contributed by atoms with E-state index < -0.39 is 5.67 Å². The minimum absolute atomic E-state index is 0.112. The number of hydrogen-bond acceptors (Lipinski definition) is 6. The van der Waals surface area contributed by atoms with Gasteiger partial charge < -0.3 is 14.0 Å². The number of nitrogens with zero attached hydrogens (tertiary/aromatic N) is 6.